The lowest BCUT2D eigenvalue weighted by molar-refractivity contribution is 0.0602. The number of aromatic nitrogens is 1. The maximum absolute atomic E-state index is 12.2. The number of hydrogen-bond donors (Lipinski definition) is 1. The van der Waals surface area contributed by atoms with Gasteiger partial charge in [-0.2, -0.15) is 0 Å². The van der Waals surface area contributed by atoms with Gasteiger partial charge in [-0.25, -0.2) is 9.78 Å². The molecular formula is C14H10Cl2N2O3. The standard InChI is InChI=1S/C14H10Cl2N2O3/c1-21-14(20)9-4-2-3-5-10(9)17-13(19)8-6-11(15)18-12(16)7-8/h2-7H,1H3,(H,17,19). The largest absolute Gasteiger partial charge is 0.465 e. The molecule has 2 aromatic rings. The molecule has 0 unspecified atom stereocenters. The summed E-state index contributed by atoms with van der Waals surface area (Å²) in [4.78, 5) is 27.6. The minimum absolute atomic E-state index is 0.105. The van der Waals surface area contributed by atoms with Gasteiger partial charge >= 0.3 is 5.97 Å². The van der Waals surface area contributed by atoms with Gasteiger partial charge in [-0.05, 0) is 24.3 Å². The number of para-hydroxylation sites is 1. The van der Waals surface area contributed by atoms with Crippen molar-refractivity contribution in [3.05, 3.63) is 57.8 Å². The van der Waals surface area contributed by atoms with Gasteiger partial charge in [0.15, 0.2) is 0 Å². The number of methoxy groups -OCH3 is 1. The van der Waals surface area contributed by atoms with Gasteiger partial charge in [0.1, 0.15) is 10.3 Å². The summed E-state index contributed by atoms with van der Waals surface area (Å²) in [5.41, 5.74) is 0.817. The SMILES string of the molecule is COC(=O)c1ccccc1NC(=O)c1cc(Cl)nc(Cl)c1. The zero-order valence-electron chi connectivity index (χ0n) is 10.9. The second kappa shape index (κ2) is 6.56. The number of esters is 1. The summed E-state index contributed by atoms with van der Waals surface area (Å²) in [5, 5.41) is 2.82. The van der Waals surface area contributed by atoms with Gasteiger partial charge in [-0.3, -0.25) is 4.79 Å². The average molecular weight is 325 g/mol. The molecule has 0 spiro atoms. The molecule has 0 saturated carbocycles. The normalized spacial score (nSPS) is 10.0. The van der Waals surface area contributed by atoms with Crippen LogP contribution in [0.15, 0.2) is 36.4 Å². The van der Waals surface area contributed by atoms with Gasteiger partial charge in [0.25, 0.3) is 5.91 Å². The van der Waals surface area contributed by atoms with Crippen LogP contribution in [0.2, 0.25) is 10.3 Å². The first-order chi connectivity index (χ1) is 10.0. The predicted molar refractivity (Wildman–Crippen MR) is 80.0 cm³/mol. The van der Waals surface area contributed by atoms with E-state index < -0.39 is 11.9 Å². The summed E-state index contributed by atoms with van der Waals surface area (Å²) >= 11 is 11.5. The Bertz CT molecular complexity index is 684. The van der Waals surface area contributed by atoms with E-state index in [9.17, 15) is 9.59 Å². The van der Waals surface area contributed by atoms with Crippen molar-refractivity contribution in [1.82, 2.24) is 4.98 Å². The number of anilines is 1. The molecule has 1 aromatic heterocycles. The molecule has 21 heavy (non-hydrogen) atoms. The van der Waals surface area contributed by atoms with Crippen molar-refractivity contribution in [2.45, 2.75) is 0 Å². The first kappa shape index (κ1) is 15.3. The number of hydrogen-bond acceptors (Lipinski definition) is 4. The molecule has 108 valence electrons. The van der Waals surface area contributed by atoms with Gasteiger partial charge in [0.05, 0.1) is 18.4 Å². The van der Waals surface area contributed by atoms with E-state index in [-0.39, 0.29) is 21.4 Å². The molecule has 0 saturated heterocycles. The van der Waals surface area contributed by atoms with Crippen molar-refractivity contribution < 1.29 is 14.3 Å². The highest BCUT2D eigenvalue weighted by molar-refractivity contribution is 6.33. The molecule has 0 radical (unpaired) electrons. The van der Waals surface area contributed by atoms with Crippen LogP contribution >= 0.6 is 23.2 Å². The number of halogens is 2. The molecular weight excluding hydrogens is 315 g/mol. The van der Waals surface area contributed by atoms with Crippen molar-refractivity contribution in [2.24, 2.45) is 0 Å². The first-order valence-electron chi connectivity index (χ1n) is 5.83. The van der Waals surface area contributed by atoms with Gasteiger partial charge in [-0.15, -0.1) is 0 Å². The quantitative estimate of drug-likeness (QED) is 0.693. The number of rotatable bonds is 3. The fourth-order valence-electron chi connectivity index (χ4n) is 1.67. The van der Waals surface area contributed by atoms with Crippen molar-refractivity contribution in [1.29, 1.82) is 0 Å². The Morgan fingerprint density at radius 1 is 1.14 bits per heavy atom. The lowest BCUT2D eigenvalue weighted by atomic mass is 10.1. The van der Waals surface area contributed by atoms with Crippen LogP contribution in [0.4, 0.5) is 5.69 Å². The summed E-state index contributed by atoms with van der Waals surface area (Å²) in [6, 6.07) is 9.26. The number of carbonyl (C=O) groups excluding carboxylic acids is 2. The Morgan fingerprint density at radius 3 is 2.38 bits per heavy atom. The number of nitrogens with one attached hydrogen (secondary N) is 1. The first-order valence-corrected chi connectivity index (χ1v) is 6.58. The molecule has 5 nitrogen and oxygen atoms in total. The molecule has 0 bridgehead atoms. The fraction of sp³-hybridized carbons (Fsp3) is 0.0714. The number of nitrogens with zero attached hydrogens (tertiary/aromatic N) is 1. The van der Waals surface area contributed by atoms with Crippen LogP contribution in [0, 0.1) is 0 Å². The minimum atomic E-state index is -0.545. The fourth-order valence-corrected chi connectivity index (χ4v) is 2.13. The van der Waals surface area contributed by atoms with Crippen molar-refractivity contribution in [2.75, 3.05) is 12.4 Å². The molecule has 0 aliphatic rings. The van der Waals surface area contributed by atoms with Crippen LogP contribution in [0.1, 0.15) is 20.7 Å². The Kier molecular flexibility index (Phi) is 4.77. The summed E-state index contributed by atoms with van der Waals surface area (Å²) in [6.07, 6.45) is 0. The number of pyridine rings is 1. The van der Waals surface area contributed by atoms with Gasteiger partial charge < -0.3 is 10.1 Å². The molecule has 1 heterocycles. The van der Waals surface area contributed by atoms with E-state index in [0.29, 0.717) is 5.69 Å². The van der Waals surface area contributed by atoms with E-state index in [1.807, 2.05) is 0 Å². The zero-order chi connectivity index (χ0) is 15.4. The highest BCUT2D eigenvalue weighted by Gasteiger charge is 2.15. The van der Waals surface area contributed by atoms with Gasteiger partial charge in [-0.1, -0.05) is 35.3 Å². The summed E-state index contributed by atoms with van der Waals surface area (Å²) in [5.74, 6) is -1.01. The predicted octanol–water partition coefficient (Wildman–Crippen LogP) is 3.43. The second-order valence-corrected chi connectivity index (χ2v) is 4.77. The lowest BCUT2D eigenvalue weighted by Crippen LogP contribution is -2.15. The second-order valence-electron chi connectivity index (χ2n) is 3.99. The monoisotopic (exact) mass is 324 g/mol. The van der Waals surface area contributed by atoms with Crippen LogP contribution < -0.4 is 5.32 Å². The number of amides is 1. The third-order valence-corrected chi connectivity index (χ3v) is 2.99. The Labute approximate surface area is 130 Å². The number of carbonyl (C=O) groups is 2. The lowest BCUT2D eigenvalue weighted by Gasteiger charge is -2.09. The van der Waals surface area contributed by atoms with Crippen molar-refractivity contribution >= 4 is 40.8 Å². The van der Waals surface area contributed by atoms with E-state index >= 15 is 0 Å². The van der Waals surface area contributed by atoms with Crippen LogP contribution in [-0.4, -0.2) is 24.0 Å². The molecule has 1 amide bonds. The number of benzene rings is 1. The van der Waals surface area contributed by atoms with E-state index in [2.05, 4.69) is 15.0 Å². The Hall–Kier alpha value is -2.11. The Morgan fingerprint density at radius 2 is 1.76 bits per heavy atom. The highest BCUT2D eigenvalue weighted by Crippen LogP contribution is 2.19. The van der Waals surface area contributed by atoms with Crippen molar-refractivity contribution in [3.8, 4) is 0 Å². The molecule has 1 N–H and O–H groups in total. The third-order valence-electron chi connectivity index (χ3n) is 2.61. The average Bonchev–Trinajstić information content (AvgIpc) is 2.46. The zero-order valence-corrected chi connectivity index (χ0v) is 12.4. The van der Waals surface area contributed by atoms with Crippen LogP contribution in [-0.2, 0) is 4.74 Å². The maximum atomic E-state index is 12.2. The maximum Gasteiger partial charge on any atom is 0.339 e. The van der Waals surface area contributed by atoms with E-state index in [4.69, 9.17) is 23.2 Å². The van der Waals surface area contributed by atoms with Crippen molar-refractivity contribution in [3.63, 3.8) is 0 Å². The topological polar surface area (TPSA) is 68.3 Å². The highest BCUT2D eigenvalue weighted by atomic mass is 35.5. The summed E-state index contributed by atoms with van der Waals surface area (Å²) in [6.45, 7) is 0. The molecule has 0 atom stereocenters. The molecule has 7 heteroatoms. The number of ether oxygens (including phenoxy) is 1. The molecule has 1 aromatic carbocycles. The molecule has 2 rings (SSSR count). The summed E-state index contributed by atoms with van der Waals surface area (Å²) in [7, 11) is 1.27. The van der Waals surface area contributed by atoms with Gasteiger partial charge in [0.2, 0.25) is 0 Å². The van der Waals surface area contributed by atoms with Crippen LogP contribution in [0.3, 0.4) is 0 Å². The minimum Gasteiger partial charge on any atom is -0.465 e. The van der Waals surface area contributed by atoms with Crippen LogP contribution in [0.25, 0.3) is 0 Å². The van der Waals surface area contributed by atoms with Gasteiger partial charge in [0, 0.05) is 5.56 Å². The van der Waals surface area contributed by atoms with Crippen LogP contribution in [0.5, 0.6) is 0 Å². The van der Waals surface area contributed by atoms with E-state index in [1.54, 1.807) is 24.3 Å². The summed E-state index contributed by atoms with van der Waals surface area (Å²) < 4.78 is 4.66. The smallest absolute Gasteiger partial charge is 0.339 e. The third kappa shape index (κ3) is 3.71. The van der Waals surface area contributed by atoms with E-state index in [0.717, 1.165) is 0 Å². The molecule has 0 aliphatic carbocycles. The Balaban J connectivity index is 2.30. The molecule has 0 fully saturated rings. The van der Waals surface area contributed by atoms with E-state index in [1.165, 1.54) is 19.2 Å². The molecule has 0 aliphatic heterocycles.